The predicted molar refractivity (Wildman–Crippen MR) is 68.5 cm³/mol. The molecule has 0 aliphatic heterocycles. The zero-order valence-electron chi connectivity index (χ0n) is 9.70. The van der Waals surface area contributed by atoms with Crippen molar-refractivity contribution < 1.29 is 0 Å². The van der Waals surface area contributed by atoms with Crippen LogP contribution in [-0.4, -0.2) is 0 Å². The third-order valence-corrected chi connectivity index (χ3v) is 3.30. The minimum atomic E-state index is 0.599. The summed E-state index contributed by atoms with van der Waals surface area (Å²) < 4.78 is 0. The highest BCUT2D eigenvalue weighted by atomic mass is 14.2. The lowest BCUT2D eigenvalue weighted by Gasteiger charge is -2.07. The number of benzene rings is 2. The molecule has 0 spiro atoms. The van der Waals surface area contributed by atoms with Crippen molar-refractivity contribution >= 4 is 0 Å². The van der Waals surface area contributed by atoms with E-state index in [1.54, 1.807) is 0 Å². The predicted octanol–water partition coefficient (Wildman–Crippen LogP) is 4.39. The first-order valence-electron chi connectivity index (χ1n) is 5.84. The van der Waals surface area contributed by atoms with Gasteiger partial charge in [-0.1, -0.05) is 56.3 Å². The molecule has 0 fully saturated rings. The molecular formula is C16H15. The standard InChI is InChI=1S/C16H15/c1-11(2)12-7-8-16-14(9-12)10-13-5-3-4-6-15(13)16/h3-11H,1-2H3. The fourth-order valence-corrected chi connectivity index (χ4v) is 2.34. The SMILES string of the molecule is CC(C)c1ccc2c(c1)[CH]c1ccccc1-2. The lowest BCUT2D eigenvalue weighted by molar-refractivity contribution is 0.866. The largest absolute Gasteiger partial charge is 0.0619 e. The summed E-state index contributed by atoms with van der Waals surface area (Å²) in [6, 6.07) is 15.4. The van der Waals surface area contributed by atoms with Crippen LogP contribution in [-0.2, 0) is 0 Å². The van der Waals surface area contributed by atoms with E-state index in [9.17, 15) is 0 Å². The minimum absolute atomic E-state index is 0.599. The van der Waals surface area contributed by atoms with Crippen molar-refractivity contribution in [2.75, 3.05) is 0 Å². The number of hydrogen-bond donors (Lipinski definition) is 0. The Balaban J connectivity index is 2.14. The monoisotopic (exact) mass is 207 g/mol. The van der Waals surface area contributed by atoms with Crippen LogP contribution >= 0.6 is 0 Å². The molecule has 0 atom stereocenters. The Morgan fingerprint density at radius 1 is 0.812 bits per heavy atom. The van der Waals surface area contributed by atoms with Crippen molar-refractivity contribution in [3.8, 4) is 11.1 Å². The third-order valence-electron chi connectivity index (χ3n) is 3.30. The second-order valence-electron chi connectivity index (χ2n) is 4.73. The topological polar surface area (TPSA) is 0 Å². The van der Waals surface area contributed by atoms with Crippen LogP contribution in [0.15, 0.2) is 42.5 Å². The molecule has 16 heavy (non-hydrogen) atoms. The maximum atomic E-state index is 2.32. The minimum Gasteiger partial charge on any atom is -0.0619 e. The second kappa shape index (κ2) is 3.48. The van der Waals surface area contributed by atoms with Gasteiger partial charge in [0.15, 0.2) is 0 Å². The van der Waals surface area contributed by atoms with Crippen molar-refractivity contribution in [1.82, 2.24) is 0 Å². The average molecular weight is 207 g/mol. The van der Waals surface area contributed by atoms with Gasteiger partial charge in [0.1, 0.15) is 0 Å². The van der Waals surface area contributed by atoms with E-state index < -0.39 is 0 Å². The van der Waals surface area contributed by atoms with E-state index in [4.69, 9.17) is 0 Å². The lowest BCUT2D eigenvalue weighted by atomic mass is 9.97. The molecule has 0 heterocycles. The molecule has 1 radical (unpaired) electrons. The van der Waals surface area contributed by atoms with Gasteiger partial charge in [-0.05, 0) is 33.7 Å². The zero-order valence-corrected chi connectivity index (χ0v) is 9.70. The Kier molecular flexibility index (Phi) is 2.10. The van der Waals surface area contributed by atoms with E-state index in [2.05, 4.69) is 62.7 Å². The number of rotatable bonds is 1. The average Bonchev–Trinajstić information content (AvgIpc) is 2.66. The molecule has 0 bridgehead atoms. The molecule has 1 aliphatic carbocycles. The van der Waals surface area contributed by atoms with Crippen molar-refractivity contribution in [3.63, 3.8) is 0 Å². The van der Waals surface area contributed by atoms with Crippen LogP contribution in [0.25, 0.3) is 11.1 Å². The summed E-state index contributed by atoms with van der Waals surface area (Å²) in [7, 11) is 0. The molecule has 0 heteroatoms. The first-order valence-corrected chi connectivity index (χ1v) is 5.84. The molecule has 0 saturated heterocycles. The molecule has 2 aromatic carbocycles. The van der Waals surface area contributed by atoms with E-state index in [1.165, 1.54) is 27.8 Å². The van der Waals surface area contributed by atoms with E-state index in [-0.39, 0.29) is 0 Å². The Morgan fingerprint density at radius 2 is 1.56 bits per heavy atom. The van der Waals surface area contributed by atoms with Gasteiger partial charge in [-0.3, -0.25) is 0 Å². The van der Waals surface area contributed by atoms with Gasteiger partial charge in [0.05, 0.1) is 0 Å². The molecule has 1 aliphatic rings. The molecule has 0 amide bonds. The summed E-state index contributed by atoms with van der Waals surface area (Å²) >= 11 is 0. The van der Waals surface area contributed by atoms with Gasteiger partial charge in [0.2, 0.25) is 0 Å². The Bertz CT molecular complexity index is 535. The third kappa shape index (κ3) is 1.37. The van der Waals surface area contributed by atoms with Gasteiger partial charge in [-0.25, -0.2) is 0 Å². The van der Waals surface area contributed by atoms with Gasteiger partial charge in [0, 0.05) is 6.42 Å². The van der Waals surface area contributed by atoms with Crippen LogP contribution < -0.4 is 0 Å². The van der Waals surface area contributed by atoms with Gasteiger partial charge in [-0.2, -0.15) is 0 Å². The smallest absolute Gasteiger partial charge is 0.0212 e. The van der Waals surface area contributed by atoms with E-state index >= 15 is 0 Å². The summed E-state index contributed by atoms with van der Waals surface area (Å²) in [6.07, 6.45) is 2.29. The molecule has 3 rings (SSSR count). The fourth-order valence-electron chi connectivity index (χ4n) is 2.34. The lowest BCUT2D eigenvalue weighted by Crippen LogP contribution is -1.88. The number of fused-ring (bicyclic) bond motifs is 3. The van der Waals surface area contributed by atoms with Crippen molar-refractivity contribution in [1.29, 1.82) is 0 Å². The van der Waals surface area contributed by atoms with Crippen LogP contribution in [0.4, 0.5) is 0 Å². The maximum absolute atomic E-state index is 2.32. The first kappa shape index (κ1) is 9.65. The molecule has 0 saturated carbocycles. The Labute approximate surface area is 96.9 Å². The van der Waals surface area contributed by atoms with Crippen LogP contribution in [0.2, 0.25) is 0 Å². The summed E-state index contributed by atoms with van der Waals surface area (Å²) in [5, 5.41) is 0. The van der Waals surface area contributed by atoms with Crippen LogP contribution in [0.1, 0.15) is 36.5 Å². The first-order chi connectivity index (χ1) is 7.75. The second-order valence-corrected chi connectivity index (χ2v) is 4.73. The Hall–Kier alpha value is -1.56. The van der Waals surface area contributed by atoms with Gasteiger partial charge in [0.25, 0.3) is 0 Å². The van der Waals surface area contributed by atoms with Crippen molar-refractivity contribution in [2.24, 2.45) is 0 Å². The number of hydrogen-bond acceptors (Lipinski definition) is 0. The molecule has 0 N–H and O–H groups in total. The quantitative estimate of drug-likeness (QED) is 0.555. The summed E-state index contributed by atoms with van der Waals surface area (Å²) in [5.41, 5.74) is 6.88. The molecule has 0 unspecified atom stereocenters. The van der Waals surface area contributed by atoms with E-state index in [0.717, 1.165) is 0 Å². The highest BCUT2D eigenvalue weighted by Crippen LogP contribution is 2.38. The summed E-state index contributed by atoms with van der Waals surface area (Å²) in [4.78, 5) is 0. The highest BCUT2D eigenvalue weighted by molar-refractivity contribution is 5.81. The van der Waals surface area contributed by atoms with Gasteiger partial charge < -0.3 is 0 Å². The maximum Gasteiger partial charge on any atom is 0.0212 e. The molecule has 0 aromatic heterocycles. The summed E-state index contributed by atoms with van der Waals surface area (Å²) in [6.45, 7) is 4.48. The molecular weight excluding hydrogens is 192 g/mol. The fraction of sp³-hybridized carbons (Fsp3) is 0.188. The van der Waals surface area contributed by atoms with Gasteiger partial charge >= 0.3 is 0 Å². The van der Waals surface area contributed by atoms with Crippen LogP contribution in [0.3, 0.4) is 0 Å². The van der Waals surface area contributed by atoms with Gasteiger partial charge in [-0.15, -0.1) is 0 Å². The van der Waals surface area contributed by atoms with Crippen molar-refractivity contribution in [2.45, 2.75) is 19.8 Å². The van der Waals surface area contributed by atoms with E-state index in [1.807, 2.05) is 0 Å². The molecule has 0 nitrogen and oxygen atoms in total. The summed E-state index contributed by atoms with van der Waals surface area (Å²) in [5.74, 6) is 0.599. The van der Waals surface area contributed by atoms with Crippen LogP contribution in [0.5, 0.6) is 0 Å². The highest BCUT2D eigenvalue weighted by Gasteiger charge is 2.18. The molecule has 2 aromatic rings. The van der Waals surface area contributed by atoms with E-state index in [0.29, 0.717) is 5.92 Å². The Morgan fingerprint density at radius 3 is 2.38 bits per heavy atom. The normalized spacial score (nSPS) is 12.7. The zero-order chi connectivity index (χ0) is 11.1. The van der Waals surface area contributed by atoms with Crippen LogP contribution in [0, 0.1) is 6.42 Å². The molecule has 79 valence electrons. The van der Waals surface area contributed by atoms with Crippen molar-refractivity contribution in [3.05, 3.63) is 65.6 Å².